The van der Waals surface area contributed by atoms with Crippen molar-refractivity contribution < 1.29 is 4.74 Å². The summed E-state index contributed by atoms with van der Waals surface area (Å²) in [6.45, 7) is 15.0. The Balaban J connectivity index is 3.08. The number of nitrogens with zero attached hydrogens (tertiary/aromatic N) is 4. The molecule has 0 aliphatic rings. The highest BCUT2D eigenvalue weighted by atomic mass is 16.5. The predicted molar refractivity (Wildman–Crippen MR) is 87.1 cm³/mol. The summed E-state index contributed by atoms with van der Waals surface area (Å²) in [5, 5.41) is 3.14. The zero-order chi connectivity index (χ0) is 15.8. The van der Waals surface area contributed by atoms with E-state index in [0.29, 0.717) is 36.5 Å². The average Bonchev–Trinajstić information content (AvgIpc) is 2.42. The molecule has 0 radical (unpaired) electrons. The van der Waals surface area contributed by atoms with Crippen molar-refractivity contribution in [1.29, 1.82) is 0 Å². The highest BCUT2D eigenvalue weighted by Crippen LogP contribution is 2.18. The minimum absolute atomic E-state index is 0.323. The van der Waals surface area contributed by atoms with Gasteiger partial charge in [0.25, 0.3) is 0 Å². The molecule has 1 aromatic heterocycles. The first-order chi connectivity index (χ1) is 9.97. The van der Waals surface area contributed by atoms with E-state index >= 15 is 0 Å². The molecule has 6 heteroatoms. The summed E-state index contributed by atoms with van der Waals surface area (Å²) in [5.74, 6) is 1.78. The van der Waals surface area contributed by atoms with Crippen LogP contribution in [-0.4, -0.2) is 40.7 Å². The predicted octanol–water partition coefficient (Wildman–Crippen LogP) is 2.96. The summed E-state index contributed by atoms with van der Waals surface area (Å²) >= 11 is 0. The number of anilines is 2. The Morgan fingerprint density at radius 2 is 1.81 bits per heavy atom. The molecule has 0 fully saturated rings. The lowest BCUT2D eigenvalue weighted by Crippen LogP contribution is -2.36. The minimum Gasteiger partial charge on any atom is -0.463 e. The van der Waals surface area contributed by atoms with E-state index < -0.39 is 0 Å². The third-order valence-corrected chi connectivity index (χ3v) is 2.82. The van der Waals surface area contributed by atoms with Crippen molar-refractivity contribution in [3.63, 3.8) is 0 Å². The summed E-state index contributed by atoms with van der Waals surface area (Å²) < 4.78 is 5.59. The Morgan fingerprint density at radius 1 is 1.10 bits per heavy atom. The monoisotopic (exact) mass is 295 g/mol. The molecule has 1 rings (SSSR count). The van der Waals surface area contributed by atoms with Crippen molar-refractivity contribution in [2.45, 2.75) is 54.0 Å². The number of hydrogen-bond donors (Lipinski definition) is 1. The van der Waals surface area contributed by atoms with Gasteiger partial charge >= 0.3 is 6.01 Å². The maximum atomic E-state index is 5.59. The molecule has 1 N–H and O–H groups in total. The van der Waals surface area contributed by atoms with Crippen LogP contribution >= 0.6 is 0 Å². The van der Waals surface area contributed by atoms with Crippen LogP contribution in [0.25, 0.3) is 0 Å². The molecule has 0 aromatic carbocycles. The lowest BCUT2D eigenvalue weighted by atomic mass is 10.2. The van der Waals surface area contributed by atoms with Crippen LogP contribution in [0.1, 0.15) is 48.0 Å². The maximum absolute atomic E-state index is 5.59. The highest BCUT2D eigenvalue weighted by Gasteiger charge is 2.18. The van der Waals surface area contributed by atoms with Crippen LogP contribution in [0.2, 0.25) is 0 Å². The van der Waals surface area contributed by atoms with Crippen molar-refractivity contribution >= 4 is 11.9 Å². The third kappa shape index (κ3) is 5.73. The van der Waals surface area contributed by atoms with Gasteiger partial charge < -0.3 is 15.0 Å². The number of hydrogen-bond acceptors (Lipinski definition) is 6. The Labute approximate surface area is 128 Å². The summed E-state index contributed by atoms with van der Waals surface area (Å²) in [6, 6.07) is 0.718. The summed E-state index contributed by atoms with van der Waals surface area (Å²) in [6.07, 6.45) is 0.928. The van der Waals surface area contributed by atoms with Crippen LogP contribution < -0.4 is 15.0 Å². The van der Waals surface area contributed by atoms with Gasteiger partial charge in [-0.1, -0.05) is 20.8 Å². The Kier molecular flexibility index (Phi) is 7.19. The van der Waals surface area contributed by atoms with E-state index in [0.717, 1.165) is 19.5 Å². The second-order valence-electron chi connectivity index (χ2n) is 5.76. The van der Waals surface area contributed by atoms with E-state index in [1.54, 1.807) is 0 Å². The van der Waals surface area contributed by atoms with E-state index in [9.17, 15) is 0 Å². The maximum Gasteiger partial charge on any atom is 0.323 e. The fourth-order valence-corrected chi connectivity index (χ4v) is 1.89. The third-order valence-electron chi connectivity index (χ3n) is 2.82. The van der Waals surface area contributed by atoms with E-state index in [2.05, 4.69) is 59.8 Å². The molecule has 0 saturated carbocycles. The highest BCUT2D eigenvalue weighted by molar-refractivity contribution is 5.39. The lowest BCUT2D eigenvalue weighted by Gasteiger charge is -2.28. The van der Waals surface area contributed by atoms with Gasteiger partial charge in [0.15, 0.2) is 0 Å². The largest absolute Gasteiger partial charge is 0.463 e. The molecule has 21 heavy (non-hydrogen) atoms. The molecule has 0 amide bonds. The molecule has 120 valence electrons. The van der Waals surface area contributed by atoms with Gasteiger partial charge in [-0.25, -0.2) is 0 Å². The number of ether oxygens (including phenoxy) is 1. The van der Waals surface area contributed by atoms with Gasteiger partial charge in [0, 0.05) is 19.1 Å². The number of rotatable bonds is 9. The first-order valence-corrected chi connectivity index (χ1v) is 7.87. The van der Waals surface area contributed by atoms with Crippen LogP contribution in [0.15, 0.2) is 0 Å². The molecule has 0 spiro atoms. The van der Waals surface area contributed by atoms with E-state index in [1.807, 2.05) is 6.92 Å². The molecule has 0 unspecified atom stereocenters. The molecule has 1 heterocycles. The van der Waals surface area contributed by atoms with Crippen molar-refractivity contribution in [3.8, 4) is 6.01 Å². The molecule has 0 atom stereocenters. The molecule has 0 aliphatic heterocycles. The van der Waals surface area contributed by atoms with Crippen molar-refractivity contribution in [3.05, 3.63) is 0 Å². The fraction of sp³-hybridized carbons (Fsp3) is 0.800. The first-order valence-electron chi connectivity index (χ1n) is 7.87. The van der Waals surface area contributed by atoms with Gasteiger partial charge in [0.1, 0.15) is 0 Å². The molecule has 6 nitrogen and oxygen atoms in total. The zero-order valence-corrected chi connectivity index (χ0v) is 14.2. The zero-order valence-electron chi connectivity index (χ0n) is 14.2. The molecular weight excluding hydrogens is 266 g/mol. The van der Waals surface area contributed by atoms with Crippen LogP contribution in [-0.2, 0) is 0 Å². The van der Waals surface area contributed by atoms with Crippen molar-refractivity contribution in [1.82, 2.24) is 15.0 Å². The molecule has 0 aliphatic carbocycles. The van der Waals surface area contributed by atoms with Gasteiger partial charge in [0.2, 0.25) is 11.9 Å². The van der Waals surface area contributed by atoms with Gasteiger partial charge in [-0.15, -0.1) is 0 Å². The first kappa shape index (κ1) is 17.5. The second kappa shape index (κ2) is 8.64. The standard InChI is InChI=1S/C15H29N5O/c1-7-9-21-15-18-13(16-8-2)17-14(19-15)20(12(5)6)10-11(3)4/h11-12H,7-10H2,1-6H3,(H,16,17,18,19). The fourth-order valence-electron chi connectivity index (χ4n) is 1.89. The van der Waals surface area contributed by atoms with E-state index in [1.165, 1.54) is 0 Å². The van der Waals surface area contributed by atoms with E-state index in [-0.39, 0.29) is 0 Å². The van der Waals surface area contributed by atoms with Gasteiger partial charge in [-0.3, -0.25) is 0 Å². The summed E-state index contributed by atoms with van der Waals surface area (Å²) in [7, 11) is 0. The number of aromatic nitrogens is 3. The van der Waals surface area contributed by atoms with Crippen molar-refractivity contribution in [2.75, 3.05) is 29.9 Å². The molecule has 1 aromatic rings. The summed E-state index contributed by atoms with van der Waals surface area (Å²) in [4.78, 5) is 15.5. The Morgan fingerprint density at radius 3 is 2.33 bits per heavy atom. The topological polar surface area (TPSA) is 63.2 Å². The Hall–Kier alpha value is -1.59. The molecule has 0 bridgehead atoms. The smallest absolute Gasteiger partial charge is 0.323 e. The van der Waals surface area contributed by atoms with Gasteiger partial charge in [-0.2, -0.15) is 15.0 Å². The number of nitrogens with one attached hydrogen (secondary N) is 1. The SMILES string of the molecule is CCCOc1nc(NCC)nc(N(CC(C)C)C(C)C)n1. The normalized spacial score (nSPS) is 11.0. The molecule has 0 saturated heterocycles. The summed E-state index contributed by atoms with van der Waals surface area (Å²) in [5.41, 5.74) is 0. The molecular formula is C15H29N5O. The minimum atomic E-state index is 0.323. The quantitative estimate of drug-likeness (QED) is 0.755. The van der Waals surface area contributed by atoms with Crippen LogP contribution in [0.5, 0.6) is 6.01 Å². The average molecular weight is 295 g/mol. The van der Waals surface area contributed by atoms with Crippen LogP contribution in [0, 0.1) is 5.92 Å². The van der Waals surface area contributed by atoms with Crippen molar-refractivity contribution in [2.24, 2.45) is 5.92 Å². The lowest BCUT2D eigenvalue weighted by molar-refractivity contribution is 0.291. The second-order valence-corrected chi connectivity index (χ2v) is 5.76. The van der Waals surface area contributed by atoms with Gasteiger partial charge in [0.05, 0.1) is 6.61 Å². The van der Waals surface area contributed by atoms with Gasteiger partial charge in [-0.05, 0) is 33.1 Å². The van der Waals surface area contributed by atoms with Crippen LogP contribution in [0.4, 0.5) is 11.9 Å². The van der Waals surface area contributed by atoms with E-state index in [4.69, 9.17) is 4.74 Å². The van der Waals surface area contributed by atoms with Crippen LogP contribution in [0.3, 0.4) is 0 Å². The Bertz CT molecular complexity index is 423.